The smallest absolute Gasteiger partial charge is 0.0796 e. The van der Waals surface area contributed by atoms with Gasteiger partial charge in [-0.15, -0.1) is 0 Å². The van der Waals surface area contributed by atoms with Crippen molar-refractivity contribution < 1.29 is 9.60 Å². The van der Waals surface area contributed by atoms with Crippen LogP contribution >= 0.6 is 0 Å². The molecule has 0 saturated carbocycles. The molecule has 0 aliphatic carbocycles. The molecular weight excluding hydrogens is 177 g/mol. The van der Waals surface area contributed by atoms with E-state index in [-0.39, 0.29) is 4.70 Å². The molecule has 86 valence electrons. The Labute approximate surface area is 88.2 Å². The topological polar surface area (TPSA) is 4.44 Å². The highest BCUT2D eigenvalue weighted by atomic mass is 19.0. The number of unbranched alkanes of at least 4 members (excludes halogenated alkanes) is 3. The van der Waals surface area contributed by atoms with Gasteiger partial charge in [-0.05, 0) is 25.7 Å². The first kappa shape index (κ1) is 13.9. The third-order valence-corrected chi connectivity index (χ3v) is 3.25. The van der Waals surface area contributed by atoms with Crippen LogP contribution in [0.3, 0.4) is 0 Å². The van der Waals surface area contributed by atoms with E-state index in [1.807, 2.05) is 4.90 Å². The normalized spacial score (nSPS) is 27.0. The van der Waals surface area contributed by atoms with E-state index in [9.17, 15) is 0 Å². The zero-order valence-electron chi connectivity index (χ0n) is 9.82. The maximum atomic E-state index is 2.41. The molecule has 1 saturated heterocycles. The first-order chi connectivity index (χ1) is 6.33. The number of nitrogens with one attached hydrogen (secondary N) is 1. The van der Waals surface area contributed by atoms with Crippen LogP contribution in [0.25, 0.3) is 0 Å². The maximum Gasteiger partial charge on any atom is 0.0796 e. The fourth-order valence-electron chi connectivity index (χ4n) is 2.43. The summed E-state index contributed by atoms with van der Waals surface area (Å²) < 4.78 is 0. The summed E-state index contributed by atoms with van der Waals surface area (Å²) in [4.78, 5) is 1.87. The van der Waals surface area contributed by atoms with Gasteiger partial charge in [0, 0.05) is 5.92 Å². The Morgan fingerprint density at radius 3 is 2.64 bits per heavy atom. The van der Waals surface area contributed by atoms with E-state index in [4.69, 9.17) is 0 Å². The van der Waals surface area contributed by atoms with Gasteiger partial charge in [-0.1, -0.05) is 26.7 Å². The zero-order chi connectivity index (χ0) is 9.52. The van der Waals surface area contributed by atoms with Crippen LogP contribution in [0.5, 0.6) is 0 Å². The van der Waals surface area contributed by atoms with Crippen molar-refractivity contribution in [2.24, 2.45) is 5.92 Å². The lowest BCUT2D eigenvalue weighted by molar-refractivity contribution is -0.908. The molecule has 1 nitrogen and oxygen atoms in total. The van der Waals surface area contributed by atoms with Gasteiger partial charge in [0.05, 0.1) is 19.6 Å². The first-order valence-corrected chi connectivity index (χ1v) is 6.16. The maximum absolute atomic E-state index is 2.41. The molecule has 0 aromatic rings. The largest absolute Gasteiger partial charge is 1.00 e. The van der Waals surface area contributed by atoms with Gasteiger partial charge in [-0.25, -0.2) is 0 Å². The second kappa shape index (κ2) is 8.22. The molecule has 0 aromatic heterocycles. The van der Waals surface area contributed by atoms with E-state index in [1.165, 1.54) is 58.2 Å². The van der Waals surface area contributed by atoms with Gasteiger partial charge in [0.1, 0.15) is 0 Å². The molecule has 1 aliphatic rings. The highest BCUT2D eigenvalue weighted by Gasteiger charge is 2.18. The number of halogens is 1. The standard InChI is InChI=1S/C12H25N.FH/c1-3-4-5-6-9-13-10-7-8-12(2)11-13;/h12H,3-11H2,1-2H3;1H. The monoisotopic (exact) mass is 203 g/mol. The molecule has 1 aliphatic heterocycles. The van der Waals surface area contributed by atoms with Gasteiger partial charge in [0.25, 0.3) is 0 Å². The molecule has 1 fully saturated rings. The van der Waals surface area contributed by atoms with E-state index in [0.29, 0.717) is 0 Å². The Morgan fingerprint density at radius 1 is 1.21 bits per heavy atom. The minimum atomic E-state index is 0. The molecule has 2 heteroatoms. The highest BCUT2D eigenvalue weighted by Crippen LogP contribution is 2.05. The fraction of sp³-hybridized carbons (Fsp3) is 1.00. The molecule has 0 spiro atoms. The van der Waals surface area contributed by atoms with Crippen LogP contribution < -0.4 is 9.60 Å². The summed E-state index contributed by atoms with van der Waals surface area (Å²) in [5.41, 5.74) is 0. The molecule has 2 unspecified atom stereocenters. The third-order valence-electron chi connectivity index (χ3n) is 3.25. The summed E-state index contributed by atoms with van der Waals surface area (Å²) in [5.74, 6) is 0.981. The van der Waals surface area contributed by atoms with Crippen LogP contribution in [0.2, 0.25) is 0 Å². The van der Waals surface area contributed by atoms with Crippen molar-refractivity contribution in [2.45, 2.75) is 52.4 Å². The summed E-state index contributed by atoms with van der Waals surface area (Å²) in [6.07, 6.45) is 8.64. The number of piperidine rings is 1. The Morgan fingerprint density at radius 2 is 2.00 bits per heavy atom. The van der Waals surface area contributed by atoms with Crippen molar-refractivity contribution in [1.29, 1.82) is 0 Å². The van der Waals surface area contributed by atoms with Gasteiger partial charge >= 0.3 is 0 Å². The van der Waals surface area contributed by atoms with Crippen molar-refractivity contribution in [3.63, 3.8) is 0 Å². The van der Waals surface area contributed by atoms with Crippen molar-refractivity contribution in [1.82, 2.24) is 0 Å². The van der Waals surface area contributed by atoms with Gasteiger partial charge in [0.15, 0.2) is 0 Å². The van der Waals surface area contributed by atoms with Crippen molar-refractivity contribution in [3.05, 3.63) is 0 Å². The summed E-state index contributed by atoms with van der Waals surface area (Å²) in [6, 6.07) is 0. The van der Waals surface area contributed by atoms with E-state index in [0.717, 1.165) is 5.92 Å². The molecular formula is C12H26FN. The molecule has 1 rings (SSSR count). The van der Waals surface area contributed by atoms with Gasteiger partial charge < -0.3 is 9.60 Å². The lowest BCUT2D eigenvalue weighted by atomic mass is 10.00. The molecule has 0 aromatic carbocycles. The second-order valence-electron chi connectivity index (χ2n) is 4.76. The molecule has 0 radical (unpaired) electrons. The Balaban J connectivity index is 0.00000169. The lowest BCUT2D eigenvalue weighted by Crippen LogP contribution is -3.13. The zero-order valence-corrected chi connectivity index (χ0v) is 9.82. The molecule has 1 heterocycles. The Bertz CT molecular complexity index is 127. The summed E-state index contributed by atoms with van der Waals surface area (Å²) in [7, 11) is 0. The van der Waals surface area contributed by atoms with Crippen LogP contribution in [0.4, 0.5) is 0 Å². The molecule has 1 N–H and O–H groups in total. The molecule has 0 amide bonds. The van der Waals surface area contributed by atoms with E-state index < -0.39 is 0 Å². The van der Waals surface area contributed by atoms with Crippen LogP contribution in [0.15, 0.2) is 0 Å². The van der Waals surface area contributed by atoms with Crippen molar-refractivity contribution >= 4 is 0 Å². The number of hydrogen-bond acceptors (Lipinski definition) is 0. The quantitative estimate of drug-likeness (QED) is 0.540. The minimum Gasteiger partial charge on any atom is -1.00 e. The van der Waals surface area contributed by atoms with Gasteiger partial charge in [-0.2, -0.15) is 0 Å². The van der Waals surface area contributed by atoms with Crippen LogP contribution in [-0.4, -0.2) is 19.6 Å². The highest BCUT2D eigenvalue weighted by molar-refractivity contribution is 4.55. The van der Waals surface area contributed by atoms with Crippen molar-refractivity contribution in [3.8, 4) is 0 Å². The van der Waals surface area contributed by atoms with Gasteiger partial charge in [-0.3, -0.25) is 0 Å². The number of quaternary nitrogens is 1. The van der Waals surface area contributed by atoms with Crippen LogP contribution in [0, 0.1) is 5.92 Å². The van der Waals surface area contributed by atoms with E-state index in [2.05, 4.69) is 13.8 Å². The molecule has 0 bridgehead atoms. The van der Waals surface area contributed by atoms with Crippen molar-refractivity contribution in [2.75, 3.05) is 19.6 Å². The second-order valence-corrected chi connectivity index (χ2v) is 4.76. The first-order valence-electron chi connectivity index (χ1n) is 6.16. The van der Waals surface area contributed by atoms with Crippen LogP contribution in [0.1, 0.15) is 52.4 Å². The van der Waals surface area contributed by atoms with Crippen LogP contribution in [-0.2, 0) is 0 Å². The van der Waals surface area contributed by atoms with Gasteiger partial charge in [0.2, 0.25) is 0 Å². The minimum absolute atomic E-state index is 0. The average molecular weight is 203 g/mol. The Kier molecular flexibility index (Phi) is 8.15. The summed E-state index contributed by atoms with van der Waals surface area (Å²) in [6.45, 7) is 9.01. The predicted molar refractivity (Wildman–Crippen MR) is 58.1 cm³/mol. The average Bonchev–Trinajstić information content (AvgIpc) is 2.13. The number of likely N-dealkylation sites (tertiary alicyclic amines) is 1. The molecule has 14 heavy (non-hydrogen) atoms. The number of hydrogen-bond donors (Lipinski definition) is 1. The SMILES string of the molecule is CCCCCC[NH+]1CCCC(C)C1.[F-]. The lowest BCUT2D eigenvalue weighted by Gasteiger charge is -2.27. The van der Waals surface area contributed by atoms with E-state index >= 15 is 0 Å². The van der Waals surface area contributed by atoms with E-state index in [1.54, 1.807) is 0 Å². The fourth-order valence-corrected chi connectivity index (χ4v) is 2.43. The Hall–Kier alpha value is -0.110. The predicted octanol–water partition coefficient (Wildman–Crippen LogP) is -1.11. The third kappa shape index (κ3) is 5.58. The summed E-state index contributed by atoms with van der Waals surface area (Å²) >= 11 is 0. The summed E-state index contributed by atoms with van der Waals surface area (Å²) in [5, 5.41) is 0. The number of rotatable bonds is 5. The molecule has 2 atom stereocenters.